The summed E-state index contributed by atoms with van der Waals surface area (Å²) in [5.74, 6) is -3.27. The third kappa shape index (κ3) is 12.4. The lowest BCUT2D eigenvalue weighted by Gasteiger charge is -2.23. The van der Waals surface area contributed by atoms with Gasteiger partial charge in [-0.15, -0.1) is 5.10 Å². The van der Waals surface area contributed by atoms with Crippen LogP contribution in [0, 0.1) is 23.6 Å². The number of Topliss-reactive ketones (excluding diaryl/α,β-unsaturated/α-hetero) is 2. The number of hydrogen-bond donors (Lipinski definition) is 1. The van der Waals surface area contributed by atoms with Gasteiger partial charge in [-0.1, -0.05) is 93.6 Å². The first-order valence-corrected chi connectivity index (χ1v) is 23.3. The Morgan fingerprint density at radius 3 is 2.08 bits per heavy atom. The molecule has 0 aliphatic carbocycles. The fraction of sp³-hybridized carbons (Fsp3) is 0.364. The Morgan fingerprint density at radius 2 is 1.49 bits per heavy atom. The zero-order valence-electron chi connectivity index (χ0n) is 35.3. The first-order valence-electron chi connectivity index (χ1n) is 19.3. The predicted molar refractivity (Wildman–Crippen MR) is 238 cm³/mol. The highest BCUT2D eigenvalue weighted by molar-refractivity contribution is 14.1. The molecule has 2 heterocycles. The van der Waals surface area contributed by atoms with Gasteiger partial charge >= 0.3 is 12.1 Å². The van der Waals surface area contributed by atoms with Gasteiger partial charge in [0.1, 0.15) is 17.3 Å². The number of halogens is 2. The molecule has 0 aliphatic heterocycles. The number of ketones is 2. The Balaban J connectivity index is 0.00000403. The highest BCUT2D eigenvalue weighted by Crippen LogP contribution is 2.36. The van der Waals surface area contributed by atoms with Crippen LogP contribution in [0.2, 0.25) is 0 Å². The van der Waals surface area contributed by atoms with Gasteiger partial charge < -0.3 is 19.9 Å². The molecular weight excluding hydrogens is 920 g/mol. The monoisotopic (exact) mass is 971 g/mol. The van der Waals surface area contributed by atoms with Crippen molar-refractivity contribution in [1.29, 1.82) is 0 Å². The first kappa shape index (κ1) is 48.4. The molecule has 3 aromatic carbocycles. The number of ether oxygens (including phenoxy) is 3. The minimum atomic E-state index is -3.67. The van der Waals surface area contributed by atoms with Crippen LogP contribution in [0.5, 0.6) is 5.75 Å². The number of methoxy groups -OCH3 is 1. The maximum atomic E-state index is 13.9. The van der Waals surface area contributed by atoms with Crippen LogP contribution >= 0.6 is 22.6 Å². The summed E-state index contributed by atoms with van der Waals surface area (Å²) < 4.78 is 55.8. The number of benzene rings is 3. The van der Waals surface area contributed by atoms with E-state index < -0.39 is 46.6 Å². The third-order valence-electron chi connectivity index (χ3n) is 10.0. The van der Waals surface area contributed by atoms with Crippen LogP contribution in [-0.4, -0.2) is 77.8 Å². The molecule has 2 aromatic heterocycles. The Labute approximate surface area is 369 Å². The molecule has 326 valence electrons. The molecule has 0 aliphatic rings. The van der Waals surface area contributed by atoms with Crippen LogP contribution in [0.25, 0.3) is 16.8 Å². The van der Waals surface area contributed by atoms with Crippen molar-refractivity contribution in [3.05, 3.63) is 102 Å². The van der Waals surface area contributed by atoms with Crippen molar-refractivity contribution >= 4 is 73.3 Å². The second kappa shape index (κ2) is 21.5. The number of alkyl halides is 1. The summed E-state index contributed by atoms with van der Waals surface area (Å²) in [6.45, 7) is 8.11. The van der Waals surface area contributed by atoms with E-state index >= 15 is 0 Å². The van der Waals surface area contributed by atoms with Gasteiger partial charge in [0.05, 0.1) is 29.7 Å². The van der Waals surface area contributed by atoms with Crippen LogP contribution in [0.1, 0.15) is 58.1 Å². The summed E-state index contributed by atoms with van der Waals surface area (Å²) in [7, 11) is -2.37. The average Bonchev–Trinajstić information content (AvgIpc) is 3.65. The van der Waals surface area contributed by atoms with E-state index in [0.29, 0.717) is 5.65 Å². The molecule has 1 amide bonds. The molecule has 0 radical (unpaired) electrons. The molecule has 2 N–H and O–H groups in total. The average molecular weight is 972 g/mol. The number of fused-ring (bicyclic) bond motifs is 1. The number of pyridine rings is 1. The van der Waals surface area contributed by atoms with E-state index in [0.717, 1.165) is 33.4 Å². The van der Waals surface area contributed by atoms with Crippen LogP contribution in [-0.2, 0) is 40.1 Å². The molecule has 0 bridgehead atoms. The molecule has 0 spiro atoms. The fourth-order valence-corrected chi connectivity index (χ4v) is 6.87. The molecule has 5 rings (SSSR count). The summed E-state index contributed by atoms with van der Waals surface area (Å²) in [6.07, 6.45) is 1.68. The fourth-order valence-electron chi connectivity index (χ4n) is 6.23. The minimum absolute atomic E-state index is 0.0108. The number of amides is 1. The van der Waals surface area contributed by atoms with Crippen molar-refractivity contribution in [2.24, 2.45) is 23.5 Å². The second-order valence-corrected chi connectivity index (χ2v) is 17.0. The number of carbonyl (C=O) groups excluding carboxylic acids is 4. The zero-order valence-corrected chi connectivity index (χ0v) is 38.3. The smallest absolute Gasteiger partial charge is 0.424 e. The quantitative estimate of drug-likeness (QED) is 0.0411. The molecule has 0 saturated carbocycles. The summed E-state index contributed by atoms with van der Waals surface area (Å²) in [5.41, 5.74) is 9.44. The topological polar surface area (TPSA) is 190 Å². The van der Waals surface area contributed by atoms with Gasteiger partial charge in [-0.2, -0.15) is 4.98 Å². The van der Waals surface area contributed by atoms with E-state index in [-0.39, 0.29) is 64.3 Å². The molecule has 17 heteroatoms. The summed E-state index contributed by atoms with van der Waals surface area (Å²) in [6, 6.07) is 19.9. The van der Waals surface area contributed by atoms with Crippen molar-refractivity contribution in [3.63, 3.8) is 0 Å². The van der Waals surface area contributed by atoms with E-state index in [4.69, 9.17) is 19.9 Å². The summed E-state index contributed by atoms with van der Waals surface area (Å²) >= 11 is 2.15. The number of nitrogens with zero attached hydrogens (tertiary/aromatic N) is 4. The van der Waals surface area contributed by atoms with Crippen molar-refractivity contribution < 1.29 is 46.2 Å². The molecule has 0 saturated heterocycles. The molecule has 0 unspecified atom stereocenters. The Morgan fingerprint density at radius 1 is 0.852 bits per heavy atom. The van der Waals surface area contributed by atoms with Crippen LogP contribution in [0.15, 0.2) is 90.0 Å². The zero-order chi connectivity index (χ0) is 45.2. The number of sulfone groups is 1. The van der Waals surface area contributed by atoms with Gasteiger partial charge in [0.15, 0.2) is 21.3 Å². The maximum absolute atomic E-state index is 13.9. The first-order chi connectivity index (χ1) is 28.9. The van der Waals surface area contributed by atoms with Crippen LogP contribution in [0.4, 0.5) is 20.8 Å². The van der Waals surface area contributed by atoms with Crippen LogP contribution < -0.4 is 15.4 Å². The van der Waals surface area contributed by atoms with Crippen molar-refractivity contribution in [2.75, 3.05) is 30.0 Å². The molecule has 5 aromatic rings. The molecule has 0 fully saturated rings. The largest absolute Gasteiger partial charge is 0.495 e. The van der Waals surface area contributed by atoms with Crippen molar-refractivity contribution in [3.8, 4) is 16.9 Å². The minimum Gasteiger partial charge on any atom is -0.495 e. The summed E-state index contributed by atoms with van der Waals surface area (Å²) in [5, 5.41) is 4.54. The number of esters is 1. The normalized spacial score (nSPS) is 12.9. The Kier molecular flexibility index (Phi) is 17.1. The van der Waals surface area contributed by atoms with E-state index in [2.05, 4.69) is 32.7 Å². The van der Waals surface area contributed by atoms with Crippen molar-refractivity contribution in [1.82, 2.24) is 14.6 Å². The summed E-state index contributed by atoms with van der Waals surface area (Å²) in [4.78, 5) is 60.1. The lowest BCUT2D eigenvalue weighted by molar-refractivity contribution is -0.159. The number of anilines is 2. The molecular formula is C44H51FIN5O9S. The van der Waals surface area contributed by atoms with Gasteiger partial charge in [-0.3, -0.25) is 14.4 Å². The van der Waals surface area contributed by atoms with Gasteiger partial charge in [0.25, 0.3) is 5.95 Å². The van der Waals surface area contributed by atoms with Gasteiger partial charge in [-0.05, 0) is 69.9 Å². The standard InChI is InChI=1S/C43H48FN5O9S.CH3I/c1-25(2)34(22-37(51)40(45)26(3)4)41(52)57-24-58-43(53)49(35-18-17-33(59(7,54)55)21-38(35)56-6)42-46-39-19-14-31(23-48(39)47-42)30-10-8-28(9-11-30)20-36(50)27(5)29-12-15-32(44)16-13-29;1-2/h8-19,21,23,25-27,34,40H,20,22,24,45H2,1-7H3;1H3/t27-,34+,40+;/m1./s1. The highest BCUT2D eigenvalue weighted by Gasteiger charge is 2.32. The number of hydrogen-bond acceptors (Lipinski definition) is 12. The lowest BCUT2D eigenvalue weighted by atomic mass is 9.87. The van der Waals surface area contributed by atoms with Gasteiger partial charge in [0.2, 0.25) is 6.79 Å². The highest BCUT2D eigenvalue weighted by atomic mass is 127. The lowest BCUT2D eigenvalue weighted by Crippen LogP contribution is -2.39. The van der Waals surface area contributed by atoms with E-state index in [1.807, 2.05) is 43.0 Å². The Hall–Kier alpha value is -5.27. The predicted octanol–water partition coefficient (Wildman–Crippen LogP) is 7.90. The SMILES string of the molecule is CI.COc1cc(S(C)(=O)=O)ccc1N(C(=O)OCOC(=O)[C@@H](CC(=O)[C@@H](N)C(C)C)C(C)C)c1nc2ccc(-c3ccc(CC(=O)[C@H](C)c4ccc(F)cc4)cc3)cn2n1. The molecule has 14 nitrogen and oxygen atoms in total. The van der Waals surface area contributed by atoms with Gasteiger partial charge in [0, 0.05) is 42.8 Å². The maximum Gasteiger partial charge on any atom is 0.424 e. The Bertz CT molecular complexity index is 2440. The molecule has 61 heavy (non-hydrogen) atoms. The number of nitrogens with two attached hydrogens (primary N) is 1. The second-order valence-electron chi connectivity index (χ2n) is 15.0. The molecule has 3 atom stereocenters. The number of carbonyl (C=O) groups is 4. The van der Waals surface area contributed by atoms with E-state index in [1.54, 1.807) is 51.2 Å². The number of aromatic nitrogens is 3. The van der Waals surface area contributed by atoms with Gasteiger partial charge in [-0.25, -0.2) is 27.0 Å². The third-order valence-corrected chi connectivity index (χ3v) is 11.2. The van der Waals surface area contributed by atoms with Crippen molar-refractivity contribution in [2.45, 2.75) is 64.3 Å². The van der Waals surface area contributed by atoms with Crippen LogP contribution in [0.3, 0.4) is 0 Å². The van der Waals surface area contributed by atoms with E-state index in [9.17, 15) is 32.0 Å². The van der Waals surface area contributed by atoms with E-state index in [1.165, 1.54) is 42.0 Å². The number of rotatable bonds is 17.